The van der Waals surface area contributed by atoms with E-state index in [1.165, 1.54) is 20.1 Å². The van der Waals surface area contributed by atoms with Crippen LogP contribution in [-0.4, -0.2) is 23.9 Å². The van der Waals surface area contributed by atoms with Crippen LogP contribution in [0, 0.1) is 18.6 Å². The molecule has 1 aromatic heterocycles. The number of aryl methyl sites for hydroxylation is 1. The Hall–Kier alpha value is -1.86. The molecule has 1 unspecified atom stereocenters. The van der Waals surface area contributed by atoms with Crippen molar-refractivity contribution in [3.8, 4) is 11.5 Å². The second kappa shape index (κ2) is 5.26. The van der Waals surface area contributed by atoms with Gasteiger partial charge in [0.2, 0.25) is 0 Å². The molecule has 1 aromatic carbocycles. The van der Waals surface area contributed by atoms with Crippen LogP contribution in [0.3, 0.4) is 0 Å². The molecule has 0 bridgehead atoms. The van der Waals surface area contributed by atoms with Gasteiger partial charge in [-0.25, -0.2) is 8.78 Å². The number of benzene rings is 1. The quantitative estimate of drug-likeness (QED) is 0.930. The van der Waals surface area contributed by atoms with Crippen molar-refractivity contribution < 1.29 is 18.0 Å². The molecule has 7 heteroatoms. The van der Waals surface area contributed by atoms with Gasteiger partial charge in [-0.15, -0.1) is 0 Å². The summed E-state index contributed by atoms with van der Waals surface area (Å²) < 4.78 is 37.6. The first-order chi connectivity index (χ1) is 9.36. The van der Waals surface area contributed by atoms with Crippen LogP contribution in [0.4, 0.5) is 8.78 Å². The van der Waals surface area contributed by atoms with E-state index in [1.54, 1.807) is 6.92 Å². The van der Waals surface area contributed by atoms with E-state index in [2.05, 4.69) is 10.1 Å². The average molecular weight is 283 g/mol. The summed E-state index contributed by atoms with van der Waals surface area (Å²) in [7, 11) is 1.48. The smallest absolute Gasteiger partial charge is 0.263 e. The minimum atomic E-state index is -1.01. The van der Waals surface area contributed by atoms with Gasteiger partial charge in [-0.2, -0.15) is 4.98 Å². The zero-order chi connectivity index (χ0) is 14.9. The standard InChI is InChI=1S/C13H15F2N3O2/c1-7-4-5-8(14)9(10(7)15)11-17-12(18-20-11)13(2,16)6-19-3/h4-5H,6,16H2,1-3H3. The van der Waals surface area contributed by atoms with E-state index in [1.807, 2.05) is 0 Å². The van der Waals surface area contributed by atoms with Crippen molar-refractivity contribution in [1.82, 2.24) is 10.1 Å². The van der Waals surface area contributed by atoms with Crippen molar-refractivity contribution in [3.63, 3.8) is 0 Å². The van der Waals surface area contributed by atoms with Gasteiger partial charge < -0.3 is 15.0 Å². The summed E-state index contributed by atoms with van der Waals surface area (Å²) >= 11 is 0. The number of rotatable bonds is 4. The maximum Gasteiger partial charge on any atom is 0.263 e. The van der Waals surface area contributed by atoms with Gasteiger partial charge in [0.25, 0.3) is 5.89 Å². The molecule has 0 radical (unpaired) electrons. The summed E-state index contributed by atoms with van der Waals surface area (Å²) in [6, 6.07) is 2.48. The second-order valence-electron chi connectivity index (χ2n) is 4.83. The lowest BCUT2D eigenvalue weighted by molar-refractivity contribution is 0.135. The normalized spacial score (nSPS) is 14.3. The van der Waals surface area contributed by atoms with Crippen molar-refractivity contribution >= 4 is 0 Å². The van der Waals surface area contributed by atoms with Gasteiger partial charge in [-0.1, -0.05) is 11.2 Å². The maximum absolute atomic E-state index is 14.0. The molecule has 1 heterocycles. The molecular weight excluding hydrogens is 268 g/mol. The molecule has 0 saturated heterocycles. The highest BCUT2D eigenvalue weighted by molar-refractivity contribution is 5.56. The van der Waals surface area contributed by atoms with Crippen LogP contribution in [0.5, 0.6) is 0 Å². The largest absolute Gasteiger partial charge is 0.382 e. The lowest BCUT2D eigenvalue weighted by Gasteiger charge is -2.18. The number of nitrogens with zero attached hydrogens (tertiary/aromatic N) is 2. The van der Waals surface area contributed by atoms with Crippen LogP contribution >= 0.6 is 0 Å². The Bertz CT molecular complexity index is 626. The maximum atomic E-state index is 14.0. The van der Waals surface area contributed by atoms with E-state index in [0.29, 0.717) is 0 Å². The number of methoxy groups -OCH3 is 1. The summed E-state index contributed by atoms with van der Waals surface area (Å²) in [5.74, 6) is -1.62. The number of aromatic nitrogens is 2. The Labute approximate surface area is 114 Å². The molecule has 0 spiro atoms. The van der Waals surface area contributed by atoms with E-state index in [9.17, 15) is 8.78 Å². The van der Waals surface area contributed by atoms with Crippen LogP contribution in [0.2, 0.25) is 0 Å². The van der Waals surface area contributed by atoms with Gasteiger partial charge in [0.1, 0.15) is 22.7 Å². The van der Waals surface area contributed by atoms with E-state index >= 15 is 0 Å². The highest BCUT2D eigenvalue weighted by Crippen LogP contribution is 2.28. The van der Waals surface area contributed by atoms with Crippen LogP contribution in [0.1, 0.15) is 18.3 Å². The highest BCUT2D eigenvalue weighted by Gasteiger charge is 2.29. The SMILES string of the molecule is COCC(C)(N)c1noc(-c2c(F)ccc(C)c2F)n1. The molecule has 2 aromatic rings. The molecule has 0 saturated carbocycles. The van der Waals surface area contributed by atoms with Crippen molar-refractivity contribution in [1.29, 1.82) is 0 Å². The molecule has 1 atom stereocenters. The third kappa shape index (κ3) is 2.54. The topological polar surface area (TPSA) is 74.2 Å². The van der Waals surface area contributed by atoms with Crippen LogP contribution in [0.15, 0.2) is 16.7 Å². The zero-order valence-electron chi connectivity index (χ0n) is 11.4. The number of halogens is 2. The average Bonchev–Trinajstić information content (AvgIpc) is 2.85. The molecule has 20 heavy (non-hydrogen) atoms. The molecule has 0 amide bonds. The lowest BCUT2D eigenvalue weighted by atomic mass is 10.1. The Morgan fingerprint density at radius 2 is 2.10 bits per heavy atom. The van der Waals surface area contributed by atoms with Gasteiger partial charge in [0.05, 0.1) is 6.61 Å². The summed E-state index contributed by atoms with van der Waals surface area (Å²) in [6.07, 6.45) is 0. The summed E-state index contributed by atoms with van der Waals surface area (Å²) in [4.78, 5) is 3.97. The monoisotopic (exact) mass is 283 g/mol. The lowest BCUT2D eigenvalue weighted by Crippen LogP contribution is -2.38. The second-order valence-corrected chi connectivity index (χ2v) is 4.83. The third-order valence-corrected chi connectivity index (χ3v) is 2.88. The fraction of sp³-hybridized carbons (Fsp3) is 0.385. The number of hydrogen-bond donors (Lipinski definition) is 1. The van der Waals surface area contributed by atoms with Crippen molar-refractivity contribution in [2.45, 2.75) is 19.4 Å². The van der Waals surface area contributed by atoms with Crippen LogP contribution in [0.25, 0.3) is 11.5 Å². The molecule has 5 nitrogen and oxygen atoms in total. The zero-order valence-corrected chi connectivity index (χ0v) is 11.4. The molecule has 2 N–H and O–H groups in total. The third-order valence-electron chi connectivity index (χ3n) is 2.88. The minimum Gasteiger partial charge on any atom is -0.382 e. The Kier molecular flexibility index (Phi) is 3.82. The Morgan fingerprint density at radius 1 is 1.40 bits per heavy atom. The van der Waals surface area contributed by atoms with Crippen molar-refractivity contribution in [2.24, 2.45) is 5.73 Å². The summed E-state index contributed by atoms with van der Waals surface area (Å²) in [5.41, 5.74) is 4.88. The fourth-order valence-electron chi connectivity index (χ4n) is 1.77. The predicted octanol–water partition coefficient (Wildman–Crippen LogP) is 2.14. The molecular formula is C13H15F2N3O2. The first-order valence-corrected chi connectivity index (χ1v) is 5.94. The molecule has 0 aliphatic carbocycles. The first kappa shape index (κ1) is 14.5. The summed E-state index contributed by atoms with van der Waals surface area (Å²) in [5, 5.41) is 3.67. The molecule has 0 aliphatic rings. The fourth-order valence-corrected chi connectivity index (χ4v) is 1.77. The van der Waals surface area contributed by atoms with Gasteiger partial charge in [0, 0.05) is 7.11 Å². The highest BCUT2D eigenvalue weighted by atomic mass is 19.1. The van der Waals surface area contributed by atoms with Gasteiger partial charge in [-0.05, 0) is 25.5 Å². The predicted molar refractivity (Wildman–Crippen MR) is 67.8 cm³/mol. The van der Waals surface area contributed by atoms with Crippen LogP contribution in [-0.2, 0) is 10.3 Å². The number of hydrogen-bond acceptors (Lipinski definition) is 5. The molecule has 2 rings (SSSR count). The Balaban J connectivity index is 2.47. The van der Waals surface area contributed by atoms with E-state index in [-0.39, 0.29) is 29.4 Å². The van der Waals surface area contributed by atoms with E-state index in [4.69, 9.17) is 15.0 Å². The molecule has 0 aliphatic heterocycles. The van der Waals surface area contributed by atoms with Crippen molar-refractivity contribution in [3.05, 3.63) is 35.2 Å². The van der Waals surface area contributed by atoms with Crippen LogP contribution < -0.4 is 5.73 Å². The van der Waals surface area contributed by atoms with Gasteiger partial charge in [-0.3, -0.25) is 0 Å². The van der Waals surface area contributed by atoms with Crippen molar-refractivity contribution in [2.75, 3.05) is 13.7 Å². The Morgan fingerprint density at radius 3 is 2.75 bits per heavy atom. The summed E-state index contributed by atoms with van der Waals surface area (Å²) in [6.45, 7) is 3.30. The number of ether oxygens (including phenoxy) is 1. The number of nitrogens with two attached hydrogens (primary N) is 1. The van der Waals surface area contributed by atoms with E-state index < -0.39 is 17.2 Å². The first-order valence-electron chi connectivity index (χ1n) is 5.94. The van der Waals surface area contributed by atoms with Gasteiger partial charge >= 0.3 is 0 Å². The molecule has 0 fully saturated rings. The van der Waals surface area contributed by atoms with E-state index in [0.717, 1.165) is 6.07 Å². The van der Waals surface area contributed by atoms with Gasteiger partial charge in [0.15, 0.2) is 5.82 Å². The minimum absolute atomic E-state index is 0.120. The molecule has 108 valence electrons.